The zero-order chi connectivity index (χ0) is 19.8. The van der Waals surface area contributed by atoms with Crippen molar-refractivity contribution < 1.29 is 0 Å². The van der Waals surface area contributed by atoms with Crippen molar-refractivity contribution in [2.75, 3.05) is 44.5 Å². The zero-order valence-corrected chi connectivity index (χ0v) is 18.5. The van der Waals surface area contributed by atoms with E-state index in [9.17, 15) is 0 Å². The maximum absolute atomic E-state index is 5.01. The molecule has 1 heterocycles. The smallest absolute Gasteiger partial charge is 0.114 e. The third-order valence-electron chi connectivity index (χ3n) is 5.50. The Morgan fingerprint density at radius 2 is 1.37 bits per heavy atom. The summed E-state index contributed by atoms with van der Waals surface area (Å²) in [4.78, 5) is 9.38. The van der Waals surface area contributed by atoms with Crippen LogP contribution in [0.5, 0.6) is 0 Å². The SMILES string of the molecule is C=CCCN=C1c2ccc(N(C)C)cc2[Si](C)(C)c2cc(N(C)C)ccc21. The van der Waals surface area contributed by atoms with Crippen molar-refractivity contribution >= 4 is 35.5 Å². The van der Waals surface area contributed by atoms with Crippen molar-refractivity contribution in [2.45, 2.75) is 19.5 Å². The highest BCUT2D eigenvalue weighted by atomic mass is 28.3. The molecule has 0 spiro atoms. The van der Waals surface area contributed by atoms with Gasteiger partial charge < -0.3 is 9.80 Å². The molecule has 0 radical (unpaired) electrons. The molecule has 142 valence electrons. The van der Waals surface area contributed by atoms with Gasteiger partial charge in [-0.1, -0.05) is 31.3 Å². The van der Waals surface area contributed by atoms with Gasteiger partial charge in [-0.25, -0.2) is 0 Å². The minimum atomic E-state index is -1.83. The monoisotopic (exact) mass is 377 g/mol. The van der Waals surface area contributed by atoms with E-state index < -0.39 is 8.07 Å². The van der Waals surface area contributed by atoms with Crippen LogP contribution in [0.3, 0.4) is 0 Å². The summed E-state index contributed by atoms with van der Waals surface area (Å²) in [5, 5.41) is 2.96. The first-order chi connectivity index (χ1) is 12.8. The van der Waals surface area contributed by atoms with Gasteiger partial charge in [0, 0.05) is 57.2 Å². The molecule has 0 saturated carbocycles. The number of hydrogen-bond donors (Lipinski definition) is 0. The second kappa shape index (κ2) is 7.35. The minimum Gasteiger partial charge on any atom is -0.378 e. The largest absolute Gasteiger partial charge is 0.378 e. The van der Waals surface area contributed by atoms with E-state index in [0.717, 1.165) is 18.7 Å². The minimum absolute atomic E-state index is 0.782. The average molecular weight is 378 g/mol. The first-order valence-corrected chi connectivity index (χ1v) is 12.6. The van der Waals surface area contributed by atoms with E-state index in [0.29, 0.717) is 0 Å². The van der Waals surface area contributed by atoms with Crippen LogP contribution in [0.25, 0.3) is 0 Å². The molecule has 1 aliphatic heterocycles. The van der Waals surface area contributed by atoms with E-state index in [2.05, 4.69) is 94.1 Å². The molecular formula is C23H31N3Si. The molecule has 0 atom stereocenters. The molecule has 1 aliphatic rings. The Morgan fingerprint density at radius 3 is 1.78 bits per heavy atom. The Morgan fingerprint density at radius 1 is 0.889 bits per heavy atom. The van der Waals surface area contributed by atoms with Crippen LogP contribution in [-0.4, -0.2) is 48.5 Å². The summed E-state index contributed by atoms with van der Waals surface area (Å²) in [5.74, 6) is 0. The molecule has 0 aromatic heterocycles. The number of fused-ring (bicyclic) bond motifs is 2. The standard InChI is InChI=1S/C23H31N3Si/c1-8-9-14-24-23-19-12-10-17(25(2)3)15-21(19)27(6,7)22-16-18(26(4)5)11-13-20(22)23/h8,10-13,15-16H,1,9,14H2,2-7H3. The van der Waals surface area contributed by atoms with Crippen LogP contribution >= 0.6 is 0 Å². The fraction of sp³-hybridized carbons (Fsp3) is 0.348. The number of benzene rings is 2. The zero-order valence-electron chi connectivity index (χ0n) is 17.5. The lowest BCUT2D eigenvalue weighted by molar-refractivity contribution is 1.01. The van der Waals surface area contributed by atoms with Gasteiger partial charge in [-0.05, 0) is 41.1 Å². The Kier molecular flexibility index (Phi) is 5.29. The van der Waals surface area contributed by atoms with Crippen LogP contribution in [0.4, 0.5) is 11.4 Å². The molecule has 3 rings (SSSR count). The van der Waals surface area contributed by atoms with E-state index in [1.54, 1.807) is 0 Å². The number of rotatable bonds is 5. The Labute approximate surface area is 165 Å². The number of aliphatic imine (C=N–C) groups is 1. The summed E-state index contributed by atoms with van der Waals surface area (Å²) < 4.78 is 0. The molecule has 0 N–H and O–H groups in total. The van der Waals surface area contributed by atoms with Crippen molar-refractivity contribution in [3.8, 4) is 0 Å². The summed E-state index contributed by atoms with van der Waals surface area (Å²) in [6.07, 6.45) is 2.85. The van der Waals surface area contributed by atoms with Crippen LogP contribution in [-0.2, 0) is 0 Å². The topological polar surface area (TPSA) is 18.8 Å². The predicted octanol–water partition coefficient (Wildman–Crippen LogP) is 3.37. The maximum Gasteiger partial charge on any atom is 0.114 e. The van der Waals surface area contributed by atoms with Gasteiger partial charge in [-0.15, -0.1) is 6.58 Å². The van der Waals surface area contributed by atoms with E-state index in [1.165, 1.54) is 32.9 Å². The van der Waals surface area contributed by atoms with E-state index >= 15 is 0 Å². The normalized spacial score (nSPS) is 14.2. The van der Waals surface area contributed by atoms with Crippen LogP contribution < -0.4 is 20.2 Å². The van der Waals surface area contributed by atoms with Crippen LogP contribution in [0.2, 0.25) is 13.1 Å². The van der Waals surface area contributed by atoms with E-state index in [1.807, 2.05) is 6.08 Å². The summed E-state index contributed by atoms with van der Waals surface area (Å²) in [6, 6.07) is 13.7. The second-order valence-electron chi connectivity index (χ2n) is 8.18. The number of anilines is 2. The van der Waals surface area contributed by atoms with Crippen LogP contribution in [0.15, 0.2) is 54.0 Å². The maximum atomic E-state index is 5.01. The van der Waals surface area contributed by atoms with Gasteiger partial charge in [0.15, 0.2) is 0 Å². The number of hydrogen-bond acceptors (Lipinski definition) is 3. The average Bonchev–Trinajstić information content (AvgIpc) is 2.64. The fourth-order valence-corrected chi connectivity index (χ4v) is 6.85. The lowest BCUT2D eigenvalue weighted by atomic mass is 10.00. The Bertz CT molecular complexity index is 831. The molecule has 27 heavy (non-hydrogen) atoms. The van der Waals surface area contributed by atoms with Gasteiger partial charge >= 0.3 is 0 Å². The fourth-order valence-electron chi connectivity index (χ4n) is 3.80. The third-order valence-corrected chi connectivity index (χ3v) is 9.02. The van der Waals surface area contributed by atoms with Gasteiger partial charge in [0.2, 0.25) is 0 Å². The molecule has 0 unspecified atom stereocenters. The molecule has 2 aromatic carbocycles. The van der Waals surface area contributed by atoms with Gasteiger partial charge in [0.25, 0.3) is 0 Å². The first kappa shape index (κ1) is 19.4. The molecule has 0 aliphatic carbocycles. The van der Waals surface area contributed by atoms with Crippen LogP contribution in [0.1, 0.15) is 17.5 Å². The van der Waals surface area contributed by atoms with Gasteiger partial charge in [0.1, 0.15) is 8.07 Å². The highest BCUT2D eigenvalue weighted by Gasteiger charge is 2.38. The lowest BCUT2D eigenvalue weighted by Crippen LogP contribution is -2.60. The Hall–Kier alpha value is -2.33. The van der Waals surface area contributed by atoms with Gasteiger partial charge in [-0.2, -0.15) is 0 Å². The quantitative estimate of drug-likeness (QED) is 0.452. The van der Waals surface area contributed by atoms with Crippen LogP contribution in [0, 0.1) is 0 Å². The molecule has 2 aromatic rings. The second-order valence-corrected chi connectivity index (χ2v) is 12.5. The highest BCUT2D eigenvalue weighted by molar-refractivity contribution is 7.02. The predicted molar refractivity (Wildman–Crippen MR) is 124 cm³/mol. The molecule has 0 saturated heterocycles. The molecule has 3 nitrogen and oxygen atoms in total. The van der Waals surface area contributed by atoms with Gasteiger partial charge in [-0.3, -0.25) is 4.99 Å². The molecule has 0 amide bonds. The summed E-state index contributed by atoms with van der Waals surface area (Å²) in [5.41, 5.74) is 6.28. The van der Waals surface area contributed by atoms with E-state index in [4.69, 9.17) is 4.99 Å². The third kappa shape index (κ3) is 3.46. The first-order valence-electron chi connectivity index (χ1n) is 9.57. The molecule has 0 bridgehead atoms. The van der Waals surface area contributed by atoms with Gasteiger partial charge in [0.05, 0.1) is 5.71 Å². The van der Waals surface area contributed by atoms with Crippen molar-refractivity contribution in [1.82, 2.24) is 0 Å². The Balaban J connectivity index is 2.27. The van der Waals surface area contributed by atoms with Crippen molar-refractivity contribution in [2.24, 2.45) is 4.99 Å². The van der Waals surface area contributed by atoms with E-state index in [-0.39, 0.29) is 0 Å². The summed E-state index contributed by atoms with van der Waals surface area (Å²) in [6.45, 7) is 9.55. The summed E-state index contributed by atoms with van der Waals surface area (Å²) >= 11 is 0. The van der Waals surface area contributed by atoms with Crippen molar-refractivity contribution in [1.29, 1.82) is 0 Å². The van der Waals surface area contributed by atoms with Crippen molar-refractivity contribution in [3.05, 3.63) is 60.2 Å². The highest BCUT2D eigenvalue weighted by Crippen LogP contribution is 2.26. The lowest BCUT2D eigenvalue weighted by Gasteiger charge is -2.36. The molecule has 0 fully saturated rings. The molecule has 4 heteroatoms. The summed E-state index contributed by atoms with van der Waals surface area (Å²) in [7, 11) is 6.60. The van der Waals surface area contributed by atoms with Crippen molar-refractivity contribution in [3.63, 3.8) is 0 Å². The molecular weight excluding hydrogens is 346 g/mol. The number of nitrogens with zero attached hydrogens (tertiary/aromatic N) is 3.